The van der Waals surface area contributed by atoms with Gasteiger partial charge in [-0.05, 0) is 35.0 Å². The van der Waals surface area contributed by atoms with Gasteiger partial charge in [-0.15, -0.1) is 11.3 Å². The van der Waals surface area contributed by atoms with Crippen LogP contribution in [0.5, 0.6) is 0 Å². The van der Waals surface area contributed by atoms with Gasteiger partial charge in [-0.2, -0.15) is 0 Å². The molecular formula is C13H10N2O2S2. The van der Waals surface area contributed by atoms with Crippen LogP contribution in [0, 0.1) is 0 Å². The van der Waals surface area contributed by atoms with E-state index in [1.165, 1.54) is 21.8 Å². The molecule has 1 aromatic carbocycles. The van der Waals surface area contributed by atoms with E-state index in [1.54, 1.807) is 17.5 Å². The van der Waals surface area contributed by atoms with Crippen molar-refractivity contribution >= 4 is 39.2 Å². The number of nitrogens with zero attached hydrogens (tertiary/aromatic N) is 2. The Balaban J connectivity index is 1.96. The number of imidazole rings is 1. The third kappa shape index (κ3) is 2.50. The van der Waals surface area contributed by atoms with Gasteiger partial charge in [-0.25, -0.2) is 4.98 Å². The molecule has 1 N–H and O–H groups in total. The van der Waals surface area contributed by atoms with E-state index in [0.717, 1.165) is 5.69 Å². The molecule has 0 saturated heterocycles. The number of carboxylic acids is 1. The lowest BCUT2D eigenvalue weighted by atomic mass is 10.2. The molecule has 2 heterocycles. The molecule has 0 saturated carbocycles. The quantitative estimate of drug-likeness (QED) is 0.749. The SMILES string of the molecule is O=C(O)CSc1nccn1-c1ccc2sccc2c1. The Morgan fingerprint density at radius 1 is 1.42 bits per heavy atom. The number of benzene rings is 1. The second-order valence-corrected chi connectivity index (χ2v) is 5.80. The topological polar surface area (TPSA) is 55.1 Å². The van der Waals surface area contributed by atoms with Crippen molar-refractivity contribution < 1.29 is 9.90 Å². The van der Waals surface area contributed by atoms with Gasteiger partial charge in [0.2, 0.25) is 0 Å². The minimum Gasteiger partial charge on any atom is -0.481 e. The summed E-state index contributed by atoms with van der Waals surface area (Å²) in [6.45, 7) is 0. The van der Waals surface area contributed by atoms with Crippen LogP contribution in [0.15, 0.2) is 47.2 Å². The Morgan fingerprint density at radius 3 is 3.16 bits per heavy atom. The van der Waals surface area contributed by atoms with E-state index in [9.17, 15) is 4.79 Å². The molecule has 2 aromatic heterocycles. The van der Waals surface area contributed by atoms with Crippen molar-refractivity contribution in [2.24, 2.45) is 0 Å². The fraction of sp³-hybridized carbons (Fsp3) is 0.0769. The van der Waals surface area contributed by atoms with Crippen molar-refractivity contribution in [3.8, 4) is 5.69 Å². The molecule has 4 nitrogen and oxygen atoms in total. The van der Waals surface area contributed by atoms with Gasteiger partial charge in [0.25, 0.3) is 0 Å². The lowest BCUT2D eigenvalue weighted by molar-refractivity contribution is -0.133. The molecule has 3 rings (SSSR count). The summed E-state index contributed by atoms with van der Waals surface area (Å²) in [5, 5.41) is 12.7. The lowest BCUT2D eigenvalue weighted by Crippen LogP contribution is -2.01. The Kier molecular flexibility index (Phi) is 3.27. The predicted molar refractivity (Wildman–Crippen MR) is 77.3 cm³/mol. The van der Waals surface area contributed by atoms with Crippen LogP contribution in [-0.4, -0.2) is 26.4 Å². The second kappa shape index (κ2) is 5.07. The smallest absolute Gasteiger partial charge is 0.313 e. The number of hydrogen-bond donors (Lipinski definition) is 1. The maximum Gasteiger partial charge on any atom is 0.313 e. The first-order chi connectivity index (χ1) is 9.24. The van der Waals surface area contributed by atoms with Crippen molar-refractivity contribution in [3.05, 3.63) is 42.0 Å². The van der Waals surface area contributed by atoms with Crippen LogP contribution in [0.4, 0.5) is 0 Å². The van der Waals surface area contributed by atoms with E-state index in [-0.39, 0.29) is 5.75 Å². The number of thiophene rings is 1. The van der Waals surface area contributed by atoms with Gasteiger partial charge in [-0.3, -0.25) is 9.36 Å². The summed E-state index contributed by atoms with van der Waals surface area (Å²) in [6.07, 6.45) is 3.53. The lowest BCUT2D eigenvalue weighted by Gasteiger charge is -2.06. The molecule has 0 unspecified atom stereocenters. The summed E-state index contributed by atoms with van der Waals surface area (Å²) in [6, 6.07) is 8.25. The summed E-state index contributed by atoms with van der Waals surface area (Å²) >= 11 is 2.92. The van der Waals surface area contributed by atoms with E-state index in [4.69, 9.17) is 5.11 Å². The van der Waals surface area contributed by atoms with Crippen molar-refractivity contribution in [2.75, 3.05) is 5.75 Å². The monoisotopic (exact) mass is 290 g/mol. The molecule has 0 fully saturated rings. The van der Waals surface area contributed by atoms with Crippen molar-refractivity contribution in [2.45, 2.75) is 5.16 Å². The fourth-order valence-electron chi connectivity index (χ4n) is 1.82. The minimum absolute atomic E-state index is 0.0116. The zero-order chi connectivity index (χ0) is 13.2. The molecule has 0 aliphatic carbocycles. The number of rotatable bonds is 4. The highest BCUT2D eigenvalue weighted by atomic mass is 32.2. The van der Waals surface area contributed by atoms with Crippen molar-refractivity contribution in [1.82, 2.24) is 9.55 Å². The summed E-state index contributed by atoms with van der Waals surface area (Å²) in [4.78, 5) is 14.8. The molecule has 0 bridgehead atoms. The maximum atomic E-state index is 10.6. The molecule has 0 spiro atoms. The maximum absolute atomic E-state index is 10.6. The molecule has 19 heavy (non-hydrogen) atoms. The number of carbonyl (C=O) groups is 1. The van der Waals surface area contributed by atoms with Gasteiger partial charge in [0.05, 0.1) is 5.75 Å². The van der Waals surface area contributed by atoms with Crippen LogP contribution in [0.2, 0.25) is 0 Å². The summed E-state index contributed by atoms with van der Waals surface area (Å²) < 4.78 is 3.15. The standard InChI is InChI=1S/C13H10N2O2S2/c16-12(17)8-19-13-14-4-5-15(13)10-1-2-11-9(7-10)3-6-18-11/h1-7H,8H2,(H,16,17). The Hall–Kier alpha value is -1.79. The average Bonchev–Trinajstić information content (AvgIpc) is 3.04. The number of aromatic nitrogens is 2. The zero-order valence-electron chi connectivity index (χ0n) is 9.81. The Morgan fingerprint density at radius 2 is 2.32 bits per heavy atom. The number of hydrogen-bond acceptors (Lipinski definition) is 4. The second-order valence-electron chi connectivity index (χ2n) is 3.90. The summed E-state index contributed by atoms with van der Waals surface area (Å²) in [7, 11) is 0. The van der Waals surface area contributed by atoms with E-state index in [1.807, 2.05) is 16.8 Å². The third-order valence-electron chi connectivity index (χ3n) is 2.65. The Bertz CT molecular complexity index is 733. The molecule has 0 amide bonds. The van der Waals surface area contributed by atoms with Crippen LogP contribution in [0.3, 0.4) is 0 Å². The molecule has 96 valence electrons. The first-order valence-electron chi connectivity index (χ1n) is 5.59. The van der Waals surface area contributed by atoms with Crippen molar-refractivity contribution in [1.29, 1.82) is 0 Å². The fourth-order valence-corrected chi connectivity index (χ4v) is 3.29. The average molecular weight is 290 g/mol. The van der Waals surface area contributed by atoms with E-state index in [2.05, 4.69) is 28.6 Å². The zero-order valence-corrected chi connectivity index (χ0v) is 11.4. The van der Waals surface area contributed by atoms with Gasteiger partial charge in [0.1, 0.15) is 0 Å². The third-order valence-corrected chi connectivity index (χ3v) is 4.50. The first-order valence-corrected chi connectivity index (χ1v) is 7.46. The molecule has 0 aliphatic rings. The van der Waals surface area contributed by atoms with Gasteiger partial charge >= 0.3 is 5.97 Å². The highest BCUT2D eigenvalue weighted by Crippen LogP contribution is 2.26. The van der Waals surface area contributed by atoms with Crippen LogP contribution in [-0.2, 0) is 4.79 Å². The molecule has 0 radical (unpaired) electrons. The highest BCUT2D eigenvalue weighted by molar-refractivity contribution is 7.99. The highest BCUT2D eigenvalue weighted by Gasteiger charge is 2.08. The number of thioether (sulfide) groups is 1. The van der Waals surface area contributed by atoms with E-state index >= 15 is 0 Å². The van der Waals surface area contributed by atoms with Gasteiger partial charge in [0, 0.05) is 22.8 Å². The number of fused-ring (bicyclic) bond motifs is 1. The van der Waals surface area contributed by atoms with Gasteiger partial charge in [-0.1, -0.05) is 11.8 Å². The first kappa shape index (κ1) is 12.3. The van der Waals surface area contributed by atoms with Gasteiger partial charge < -0.3 is 5.11 Å². The van der Waals surface area contributed by atoms with Crippen molar-refractivity contribution in [3.63, 3.8) is 0 Å². The molecular weight excluding hydrogens is 280 g/mol. The van der Waals surface area contributed by atoms with E-state index < -0.39 is 5.97 Å². The molecule has 0 aliphatic heterocycles. The Labute approximate surface area is 117 Å². The predicted octanol–water partition coefficient (Wildman–Crippen LogP) is 3.26. The molecule has 6 heteroatoms. The van der Waals surface area contributed by atoms with Gasteiger partial charge in [0.15, 0.2) is 5.16 Å². The summed E-state index contributed by atoms with van der Waals surface area (Å²) in [5.74, 6) is -0.828. The molecule has 0 atom stereocenters. The largest absolute Gasteiger partial charge is 0.481 e. The summed E-state index contributed by atoms with van der Waals surface area (Å²) in [5.41, 5.74) is 0.997. The number of carboxylic acid groups (broad SMARTS) is 1. The van der Waals surface area contributed by atoms with Crippen LogP contribution in [0.25, 0.3) is 15.8 Å². The molecule has 3 aromatic rings. The van der Waals surface area contributed by atoms with Crippen LogP contribution < -0.4 is 0 Å². The minimum atomic E-state index is -0.840. The van der Waals surface area contributed by atoms with Crippen LogP contribution in [0.1, 0.15) is 0 Å². The van der Waals surface area contributed by atoms with Crippen LogP contribution >= 0.6 is 23.1 Å². The number of aliphatic carboxylic acids is 1. The van der Waals surface area contributed by atoms with E-state index in [0.29, 0.717) is 5.16 Å². The normalized spacial score (nSPS) is 10.9.